The largest absolute Gasteiger partial charge is 0.464 e. The minimum atomic E-state index is 0.323. The van der Waals surface area contributed by atoms with Crippen LogP contribution in [-0.4, -0.2) is 33.1 Å². The maximum Gasteiger partial charge on any atom is 0.323 e. The lowest BCUT2D eigenvalue weighted by Crippen LogP contribution is -2.11. The van der Waals surface area contributed by atoms with Crippen LogP contribution in [0.1, 0.15) is 30.2 Å². The average molecular weight is 308 g/mol. The van der Waals surface area contributed by atoms with Crippen molar-refractivity contribution in [3.8, 4) is 6.01 Å². The fourth-order valence-electron chi connectivity index (χ4n) is 1.58. The number of rotatable bonds is 8. The number of aryl methyl sites for hydroxylation is 1. The van der Waals surface area contributed by atoms with E-state index in [4.69, 9.17) is 4.74 Å². The highest BCUT2D eigenvalue weighted by atomic mass is 32.1. The molecule has 0 spiro atoms. The van der Waals surface area contributed by atoms with Crippen molar-refractivity contribution in [1.82, 2.24) is 19.9 Å². The number of thiazole rings is 1. The van der Waals surface area contributed by atoms with Crippen molar-refractivity contribution in [2.24, 2.45) is 0 Å². The monoisotopic (exact) mass is 308 g/mol. The van der Waals surface area contributed by atoms with E-state index in [0.717, 1.165) is 18.0 Å². The SMILES string of the molecule is CCCNc1nc(NCc2ncc(C)s2)nc(OCC)n1. The maximum absolute atomic E-state index is 5.37. The molecule has 0 aromatic carbocycles. The molecule has 0 fully saturated rings. The lowest BCUT2D eigenvalue weighted by atomic mass is 10.5. The Kier molecular flexibility index (Phi) is 5.68. The van der Waals surface area contributed by atoms with Gasteiger partial charge in [-0.2, -0.15) is 15.0 Å². The molecule has 2 heterocycles. The van der Waals surface area contributed by atoms with Gasteiger partial charge in [0.25, 0.3) is 0 Å². The van der Waals surface area contributed by atoms with E-state index in [2.05, 4.69) is 37.5 Å². The van der Waals surface area contributed by atoms with E-state index in [-0.39, 0.29) is 0 Å². The van der Waals surface area contributed by atoms with Crippen LogP contribution in [0.15, 0.2) is 6.20 Å². The quantitative estimate of drug-likeness (QED) is 0.775. The maximum atomic E-state index is 5.37. The van der Waals surface area contributed by atoms with Gasteiger partial charge >= 0.3 is 6.01 Å². The van der Waals surface area contributed by atoms with E-state index in [9.17, 15) is 0 Å². The summed E-state index contributed by atoms with van der Waals surface area (Å²) >= 11 is 1.65. The summed E-state index contributed by atoms with van der Waals surface area (Å²) in [5, 5.41) is 7.29. The van der Waals surface area contributed by atoms with Crippen LogP contribution in [0.5, 0.6) is 6.01 Å². The summed E-state index contributed by atoms with van der Waals surface area (Å²) in [5.74, 6) is 1.01. The molecule has 2 aromatic heterocycles. The van der Waals surface area contributed by atoms with Crippen LogP contribution in [0, 0.1) is 6.92 Å². The van der Waals surface area contributed by atoms with Crippen molar-refractivity contribution in [3.05, 3.63) is 16.1 Å². The van der Waals surface area contributed by atoms with Crippen LogP contribution >= 0.6 is 11.3 Å². The smallest absolute Gasteiger partial charge is 0.323 e. The van der Waals surface area contributed by atoms with E-state index in [0.29, 0.717) is 31.1 Å². The fourth-order valence-corrected chi connectivity index (χ4v) is 2.31. The second-order valence-electron chi connectivity index (χ2n) is 4.34. The molecule has 0 aliphatic rings. The Labute approximate surface area is 128 Å². The lowest BCUT2D eigenvalue weighted by Gasteiger charge is -2.09. The third-order valence-corrected chi connectivity index (χ3v) is 3.40. The highest BCUT2D eigenvalue weighted by Crippen LogP contribution is 2.15. The molecule has 7 nitrogen and oxygen atoms in total. The Morgan fingerprint density at radius 3 is 2.52 bits per heavy atom. The summed E-state index contributed by atoms with van der Waals surface area (Å²) in [6.45, 7) is 7.92. The van der Waals surface area contributed by atoms with Crippen molar-refractivity contribution >= 4 is 23.2 Å². The van der Waals surface area contributed by atoms with Gasteiger partial charge in [0.2, 0.25) is 11.9 Å². The van der Waals surface area contributed by atoms with Gasteiger partial charge in [0.1, 0.15) is 5.01 Å². The van der Waals surface area contributed by atoms with E-state index in [1.54, 1.807) is 11.3 Å². The molecule has 0 unspecified atom stereocenters. The summed E-state index contributed by atoms with van der Waals surface area (Å²) in [7, 11) is 0. The van der Waals surface area contributed by atoms with Crippen molar-refractivity contribution in [2.75, 3.05) is 23.8 Å². The zero-order valence-corrected chi connectivity index (χ0v) is 13.3. The summed E-state index contributed by atoms with van der Waals surface area (Å²) < 4.78 is 5.37. The molecule has 0 atom stereocenters. The molecule has 2 rings (SSSR count). The molecule has 0 radical (unpaired) electrons. The van der Waals surface area contributed by atoms with Gasteiger partial charge in [-0.15, -0.1) is 11.3 Å². The molecule has 21 heavy (non-hydrogen) atoms. The van der Waals surface area contributed by atoms with Crippen molar-refractivity contribution in [3.63, 3.8) is 0 Å². The summed E-state index contributed by atoms with van der Waals surface area (Å²) in [6.07, 6.45) is 2.85. The van der Waals surface area contributed by atoms with E-state index >= 15 is 0 Å². The first-order valence-corrected chi connectivity index (χ1v) is 7.80. The van der Waals surface area contributed by atoms with Gasteiger partial charge in [-0.05, 0) is 20.3 Å². The Balaban J connectivity index is 2.07. The van der Waals surface area contributed by atoms with Gasteiger partial charge in [-0.25, -0.2) is 4.98 Å². The van der Waals surface area contributed by atoms with Crippen molar-refractivity contribution < 1.29 is 4.74 Å². The first-order valence-electron chi connectivity index (χ1n) is 6.99. The standard InChI is InChI=1S/C13H20N6OS/c1-4-6-14-11-17-12(19-13(18-11)20-5-2)16-8-10-15-7-9(3)21-10/h7H,4-6,8H2,1-3H3,(H2,14,16,17,18,19). The van der Waals surface area contributed by atoms with E-state index in [1.165, 1.54) is 4.88 Å². The minimum Gasteiger partial charge on any atom is -0.464 e. The lowest BCUT2D eigenvalue weighted by molar-refractivity contribution is 0.312. The molecule has 8 heteroatoms. The molecule has 0 bridgehead atoms. The Morgan fingerprint density at radius 2 is 1.90 bits per heavy atom. The van der Waals surface area contributed by atoms with Crippen LogP contribution in [0.4, 0.5) is 11.9 Å². The topological polar surface area (TPSA) is 84.9 Å². The molecule has 2 aromatic rings. The number of hydrogen-bond acceptors (Lipinski definition) is 8. The Bertz CT molecular complexity index is 574. The number of nitrogens with one attached hydrogen (secondary N) is 2. The van der Waals surface area contributed by atoms with Gasteiger partial charge < -0.3 is 15.4 Å². The molecule has 0 saturated heterocycles. The number of aromatic nitrogens is 4. The van der Waals surface area contributed by atoms with E-state index < -0.39 is 0 Å². The van der Waals surface area contributed by atoms with Crippen molar-refractivity contribution in [1.29, 1.82) is 0 Å². The van der Waals surface area contributed by atoms with Crippen LogP contribution in [0.2, 0.25) is 0 Å². The predicted molar refractivity (Wildman–Crippen MR) is 84.0 cm³/mol. The molecule has 114 valence electrons. The van der Waals surface area contributed by atoms with Gasteiger partial charge in [-0.1, -0.05) is 6.92 Å². The van der Waals surface area contributed by atoms with Crippen LogP contribution in [0.25, 0.3) is 0 Å². The van der Waals surface area contributed by atoms with Gasteiger partial charge in [0.05, 0.1) is 13.2 Å². The summed E-state index contributed by atoms with van der Waals surface area (Å²) in [6, 6.07) is 0.323. The number of anilines is 2. The first kappa shape index (κ1) is 15.4. The third kappa shape index (κ3) is 4.82. The Morgan fingerprint density at radius 1 is 1.14 bits per heavy atom. The zero-order valence-electron chi connectivity index (χ0n) is 12.5. The van der Waals surface area contributed by atoms with E-state index in [1.807, 2.05) is 20.0 Å². The highest BCUT2D eigenvalue weighted by molar-refractivity contribution is 7.11. The van der Waals surface area contributed by atoms with Gasteiger partial charge in [-0.3, -0.25) is 0 Å². The second kappa shape index (κ2) is 7.72. The molecular formula is C13H20N6OS. The van der Waals surface area contributed by atoms with Crippen LogP contribution in [-0.2, 0) is 6.54 Å². The summed E-state index contributed by atoms with van der Waals surface area (Å²) in [4.78, 5) is 18.3. The van der Waals surface area contributed by atoms with Gasteiger partial charge in [0, 0.05) is 17.6 Å². The second-order valence-corrected chi connectivity index (χ2v) is 5.66. The number of nitrogens with zero attached hydrogens (tertiary/aromatic N) is 4. The molecule has 2 N–H and O–H groups in total. The van der Waals surface area contributed by atoms with Crippen LogP contribution < -0.4 is 15.4 Å². The molecule has 0 aliphatic carbocycles. The molecule has 0 aliphatic heterocycles. The summed E-state index contributed by atoms with van der Waals surface area (Å²) in [5.41, 5.74) is 0. The average Bonchev–Trinajstić information content (AvgIpc) is 2.89. The first-order chi connectivity index (χ1) is 10.2. The third-order valence-electron chi connectivity index (χ3n) is 2.49. The minimum absolute atomic E-state index is 0.323. The number of hydrogen-bond donors (Lipinski definition) is 2. The normalized spacial score (nSPS) is 10.4. The molecular weight excluding hydrogens is 288 g/mol. The molecule has 0 saturated carbocycles. The van der Waals surface area contributed by atoms with Crippen molar-refractivity contribution in [2.45, 2.75) is 33.7 Å². The predicted octanol–water partition coefficient (Wildman–Crippen LogP) is 2.47. The molecule has 0 amide bonds. The van der Waals surface area contributed by atoms with Gasteiger partial charge in [0.15, 0.2) is 0 Å². The number of ether oxygens (including phenoxy) is 1. The Hall–Kier alpha value is -1.96. The fraction of sp³-hybridized carbons (Fsp3) is 0.538. The highest BCUT2D eigenvalue weighted by Gasteiger charge is 2.07. The van der Waals surface area contributed by atoms with Crippen LogP contribution in [0.3, 0.4) is 0 Å². The zero-order chi connectivity index (χ0) is 15.1.